The molecule has 0 bridgehead atoms. The van der Waals surface area contributed by atoms with Crippen LogP contribution in [0.4, 0.5) is 5.69 Å². The molecule has 2 atom stereocenters. The van der Waals surface area contributed by atoms with Gasteiger partial charge in [0.1, 0.15) is 12.6 Å². The molecule has 0 heterocycles. The molecule has 1 N–H and O–H groups in total. The number of rotatable bonds is 10. The molecule has 192 valence electrons. The Hall–Kier alpha value is -3.39. The first kappa shape index (κ1) is 27.2. The lowest BCUT2D eigenvalue weighted by Gasteiger charge is -2.32. The summed E-state index contributed by atoms with van der Waals surface area (Å²) in [5.74, 6) is -0.731. The summed E-state index contributed by atoms with van der Waals surface area (Å²) in [6.07, 6.45) is 1.85. The monoisotopic (exact) mass is 509 g/mol. The van der Waals surface area contributed by atoms with Crippen LogP contribution in [0.5, 0.6) is 0 Å². The van der Waals surface area contributed by atoms with Gasteiger partial charge in [0, 0.05) is 18.0 Å². The van der Waals surface area contributed by atoms with Crippen LogP contribution in [0.15, 0.2) is 66.7 Å². The van der Waals surface area contributed by atoms with Crippen LogP contribution in [0.25, 0.3) is 10.8 Å². The molecule has 3 aromatic rings. The Morgan fingerprint density at radius 2 is 1.58 bits per heavy atom. The van der Waals surface area contributed by atoms with Gasteiger partial charge < -0.3 is 10.2 Å². The Kier molecular flexibility index (Phi) is 8.74. The Morgan fingerprint density at radius 3 is 2.25 bits per heavy atom. The average molecular weight is 510 g/mol. The van der Waals surface area contributed by atoms with Gasteiger partial charge in [0.25, 0.3) is 0 Å². The lowest BCUT2D eigenvalue weighted by atomic mass is 10.1. The summed E-state index contributed by atoms with van der Waals surface area (Å²) in [5.41, 5.74) is 2.31. The molecule has 0 aliphatic carbocycles. The predicted molar refractivity (Wildman–Crippen MR) is 145 cm³/mol. The fourth-order valence-electron chi connectivity index (χ4n) is 4.04. The van der Waals surface area contributed by atoms with E-state index in [9.17, 15) is 18.0 Å². The molecule has 0 aromatic heterocycles. The van der Waals surface area contributed by atoms with Crippen molar-refractivity contribution >= 4 is 38.3 Å². The third kappa shape index (κ3) is 6.43. The fraction of sp³-hybridized carbons (Fsp3) is 0.357. The zero-order chi connectivity index (χ0) is 26.5. The van der Waals surface area contributed by atoms with E-state index in [0.29, 0.717) is 5.69 Å². The highest BCUT2D eigenvalue weighted by Crippen LogP contribution is 2.28. The zero-order valence-electron chi connectivity index (χ0n) is 21.6. The van der Waals surface area contributed by atoms with Crippen molar-refractivity contribution in [2.75, 3.05) is 17.1 Å². The number of nitrogens with one attached hydrogen (secondary N) is 1. The number of hydrogen-bond donors (Lipinski definition) is 1. The van der Waals surface area contributed by atoms with Crippen molar-refractivity contribution in [1.29, 1.82) is 0 Å². The molecule has 7 nitrogen and oxygen atoms in total. The van der Waals surface area contributed by atoms with Crippen LogP contribution in [0.2, 0.25) is 0 Å². The van der Waals surface area contributed by atoms with Gasteiger partial charge in [0.05, 0.1) is 11.9 Å². The molecule has 0 fully saturated rings. The number of nitrogens with zero attached hydrogens (tertiary/aromatic N) is 2. The minimum atomic E-state index is -3.80. The van der Waals surface area contributed by atoms with Crippen LogP contribution in [0, 0.1) is 6.92 Å². The Labute approximate surface area is 214 Å². The van der Waals surface area contributed by atoms with Crippen molar-refractivity contribution in [3.05, 3.63) is 77.9 Å². The molecule has 0 spiro atoms. The van der Waals surface area contributed by atoms with E-state index in [0.717, 1.165) is 38.9 Å². The fourth-order valence-corrected chi connectivity index (χ4v) is 4.90. The number of fused-ring (bicyclic) bond motifs is 1. The molecule has 0 aliphatic heterocycles. The highest BCUT2D eigenvalue weighted by Gasteiger charge is 2.31. The number of hydrogen-bond acceptors (Lipinski definition) is 4. The molecule has 2 amide bonds. The Morgan fingerprint density at radius 1 is 0.944 bits per heavy atom. The third-order valence-corrected chi connectivity index (χ3v) is 7.61. The predicted octanol–water partition coefficient (Wildman–Crippen LogP) is 4.25. The minimum Gasteiger partial charge on any atom is -0.352 e. The highest BCUT2D eigenvalue weighted by molar-refractivity contribution is 7.92. The number of amides is 2. The molecule has 36 heavy (non-hydrogen) atoms. The van der Waals surface area contributed by atoms with Gasteiger partial charge in [-0.25, -0.2) is 8.42 Å². The molecule has 0 saturated carbocycles. The van der Waals surface area contributed by atoms with Gasteiger partial charge in [0.2, 0.25) is 21.8 Å². The quantitative estimate of drug-likeness (QED) is 0.443. The summed E-state index contributed by atoms with van der Waals surface area (Å²) < 4.78 is 26.9. The molecular weight excluding hydrogens is 474 g/mol. The van der Waals surface area contributed by atoms with Crippen LogP contribution in [0.3, 0.4) is 0 Å². The van der Waals surface area contributed by atoms with E-state index in [1.807, 2.05) is 75.4 Å². The van der Waals surface area contributed by atoms with Crippen LogP contribution in [-0.4, -0.2) is 50.0 Å². The number of carbonyl (C=O) groups excluding carboxylic acids is 2. The van der Waals surface area contributed by atoms with E-state index in [2.05, 4.69) is 5.32 Å². The molecular formula is C28H35N3O4S. The molecule has 0 aliphatic rings. The maximum atomic E-state index is 13.8. The summed E-state index contributed by atoms with van der Waals surface area (Å²) in [4.78, 5) is 28.3. The molecule has 3 rings (SSSR count). The normalized spacial score (nSPS) is 13.1. The van der Waals surface area contributed by atoms with Gasteiger partial charge in [-0.05, 0) is 49.8 Å². The summed E-state index contributed by atoms with van der Waals surface area (Å²) in [7, 11) is -3.80. The summed E-state index contributed by atoms with van der Waals surface area (Å²) in [6.45, 7) is 7.27. The van der Waals surface area contributed by atoms with E-state index in [1.165, 1.54) is 4.90 Å². The summed E-state index contributed by atoms with van der Waals surface area (Å²) in [5, 5.41) is 4.54. The van der Waals surface area contributed by atoms with Crippen LogP contribution in [0.1, 0.15) is 38.3 Å². The van der Waals surface area contributed by atoms with Crippen molar-refractivity contribution < 1.29 is 18.0 Å². The second-order valence-corrected chi connectivity index (χ2v) is 11.1. The number of carbonyl (C=O) groups is 2. The standard InChI is InChI=1S/C28H35N3O4S/c1-6-21(3)29-28(33)22(4)30(18-24-14-8-7-12-20(24)2)27(32)19-31(36(5,34)35)26-17-11-15-23-13-9-10-16-25(23)26/h7-17,21-22H,6,18-19H2,1-5H3,(H,29,33)/t21-,22-/m0/s1. The van der Waals surface area contributed by atoms with Crippen LogP contribution in [-0.2, 0) is 26.2 Å². The summed E-state index contributed by atoms with van der Waals surface area (Å²) >= 11 is 0. The van der Waals surface area contributed by atoms with E-state index in [1.54, 1.807) is 19.1 Å². The molecule has 8 heteroatoms. The van der Waals surface area contributed by atoms with Gasteiger partial charge in [-0.3, -0.25) is 13.9 Å². The second-order valence-electron chi connectivity index (χ2n) is 9.21. The largest absolute Gasteiger partial charge is 0.352 e. The highest BCUT2D eigenvalue weighted by atomic mass is 32.2. The van der Waals surface area contributed by atoms with E-state index >= 15 is 0 Å². The molecule has 3 aromatic carbocycles. The maximum absolute atomic E-state index is 13.8. The van der Waals surface area contributed by atoms with Crippen molar-refractivity contribution in [3.8, 4) is 0 Å². The second kappa shape index (κ2) is 11.6. The number of benzene rings is 3. The van der Waals surface area contributed by atoms with Gasteiger partial charge in [-0.2, -0.15) is 0 Å². The lowest BCUT2D eigenvalue weighted by Crippen LogP contribution is -2.52. The number of aryl methyl sites for hydroxylation is 1. The van der Waals surface area contributed by atoms with Gasteiger partial charge >= 0.3 is 0 Å². The van der Waals surface area contributed by atoms with Gasteiger partial charge in [0.15, 0.2) is 0 Å². The van der Waals surface area contributed by atoms with Gasteiger partial charge in [-0.1, -0.05) is 67.6 Å². The molecule has 0 saturated heterocycles. The SMILES string of the molecule is CC[C@H](C)NC(=O)[C@H](C)N(Cc1ccccc1C)C(=O)CN(c1cccc2ccccc12)S(C)(=O)=O. The topological polar surface area (TPSA) is 86.8 Å². The van der Waals surface area contributed by atoms with Crippen molar-refractivity contribution in [2.45, 2.75) is 52.7 Å². The zero-order valence-corrected chi connectivity index (χ0v) is 22.4. The average Bonchev–Trinajstić information content (AvgIpc) is 2.85. The lowest BCUT2D eigenvalue weighted by molar-refractivity contribution is -0.139. The van der Waals surface area contributed by atoms with E-state index in [-0.39, 0.29) is 18.5 Å². The minimum absolute atomic E-state index is 0.0430. The maximum Gasteiger partial charge on any atom is 0.244 e. The first-order valence-electron chi connectivity index (χ1n) is 12.1. The molecule has 0 unspecified atom stereocenters. The Balaban J connectivity index is 2.00. The van der Waals surface area contributed by atoms with Gasteiger partial charge in [-0.15, -0.1) is 0 Å². The first-order valence-corrected chi connectivity index (χ1v) is 14.0. The van der Waals surface area contributed by atoms with E-state index in [4.69, 9.17) is 0 Å². The first-order chi connectivity index (χ1) is 17.0. The Bertz CT molecular complexity index is 1330. The number of anilines is 1. The van der Waals surface area contributed by atoms with Crippen LogP contribution < -0.4 is 9.62 Å². The third-order valence-electron chi connectivity index (χ3n) is 6.48. The van der Waals surface area contributed by atoms with Crippen molar-refractivity contribution in [2.24, 2.45) is 0 Å². The van der Waals surface area contributed by atoms with Crippen molar-refractivity contribution in [3.63, 3.8) is 0 Å². The van der Waals surface area contributed by atoms with Crippen molar-refractivity contribution in [1.82, 2.24) is 10.2 Å². The summed E-state index contributed by atoms with van der Waals surface area (Å²) in [6, 6.07) is 19.6. The van der Waals surface area contributed by atoms with E-state index < -0.39 is 28.5 Å². The number of sulfonamides is 1. The smallest absolute Gasteiger partial charge is 0.244 e. The van der Waals surface area contributed by atoms with Crippen LogP contribution >= 0.6 is 0 Å². The molecule has 0 radical (unpaired) electrons.